The molecule has 23 rings (SSSR count). The van der Waals surface area contributed by atoms with E-state index in [9.17, 15) is 0 Å². The Morgan fingerprint density at radius 1 is 0.103 bits per heavy atom. The molecule has 0 bridgehead atoms. The van der Waals surface area contributed by atoms with Crippen molar-refractivity contribution in [2.24, 2.45) is 0 Å². The molecular weight excluding hydrogens is 1530 g/mol. The van der Waals surface area contributed by atoms with E-state index in [2.05, 4.69) is 400 Å². The lowest BCUT2D eigenvalue weighted by Gasteiger charge is -2.13. The first-order chi connectivity index (χ1) is 62.4. The molecule has 0 aliphatic heterocycles. The van der Waals surface area contributed by atoms with Gasteiger partial charge in [-0.2, -0.15) is 0 Å². The van der Waals surface area contributed by atoms with Gasteiger partial charge in [-0.1, -0.05) is 437 Å². The van der Waals surface area contributed by atoms with E-state index < -0.39 is 0 Å². The number of benzene rings is 20. The monoisotopic (exact) mass is 1600 g/mol. The van der Waals surface area contributed by atoms with Gasteiger partial charge in [-0.3, -0.25) is 0 Å². The zero-order chi connectivity index (χ0) is 83.9. The molecule has 0 fully saturated rings. The maximum atomic E-state index is 5.12. The predicted octanol–water partition coefficient (Wildman–Crippen LogP) is 31.7. The minimum atomic E-state index is 0.704. The third kappa shape index (κ3) is 16.0. The fraction of sp³-hybridized carbons (Fsp3) is 0. The largest absolute Gasteiger partial charge is 0.228 e. The van der Waals surface area contributed by atoms with Crippen molar-refractivity contribution in [2.75, 3.05) is 0 Å². The van der Waals surface area contributed by atoms with Crippen LogP contribution in [-0.2, 0) is 0 Å². The van der Waals surface area contributed by atoms with Crippen molar-refractivity contribution in [3.05, 3.63) is 485 Å². The van der Waals surface area contributed by atoms with Crippen LogP contribution in [0.1, 0.15) is 0 Å². The van der Waals surface area contributed by atoms with Crippen LogP contribution in [0.5, 0.6) is 0 Å². The molecule has 0 spiro atoms. The van der Waals surface area contributed by atoms with Gasteiger partial charge in [0.15, 0.2) is 17.5 Å². The minimum Gasteiger partial charge on any atom is -0.228 e. The molecule has 0 aliphatic rings. The minimum absolute atomic E-state index is 0.704. The van der Waals surface area contributed by atoms with Crippen LogP contribution in [-0.4, -0.2) is 29.9 Å². The van der Waals surface area contributed by atoms with Crippen molar-refractivity contribution in [2.45, 2.75) is 0 Å². The normalized spacial score (nSPS) is 11.2. The summed E-state index contributed by atoms with van der Waals surface area (Å²) in [5.41, 5.74) is 26.7. The molecule has 0 radical (unpaired) electrons. The molecule has 590 valence electrons. The van der Waals surface area contributed by atoms with Crippen LogP contribution < -0.4 is 0 Å². The third-order valence-corrected chi connectivity index (χ3v) is 23.7. The van der Waals surface area contributed by atoms with Gasteiger partial charge < -0.3 is 0 Å². The summed E-state index contributed by atoms with van der Waals surface area (Å²) in [6.45, 7) is 0. The van der Waals surface area contributed by atoms with Gasteiger partial charge in [-0.25, -0.2) is 29.9 Å². The van der Waals surface area contributed by atoms with Crippen molar-refractivity contribution in [3.8, 4) is 157 Å². The van der Waals surface area contributed by atoms with Crippen molar-refractivity contribution in [3.63, 3.8) is 0 Å². The molecular formula is C120H80N6. The first kappa shape index (κ1) is 76.6. The second-order valence-electron chi connectivity index (χ2n) is 31.5. The highest BCUT2D eigenvalue weighted by atomic mass is 14.9. The summed E-state index contributed by atoms with van der Waals surface area (Å²) in [5.74, 6) is 2.16. The summed E-state index contributed by atoms with van der Waals surface area (Å²) in [6.07, 6.45) is 0. The quantitative estimate of drug-likeness (QED) is 0.101. The molecule has 0 atom stereocenters. The van der Waals surface area contributed by atoms with Crippen molar-refractivity contribution < 1.29 is 0 Å². The van der Waals surface area contributed by atoms with Crippen LogP contribution in [0.3, 0.4) is 0 Å². The van der Waals surface area contributed by atoms with E-state index in [1.54, 1.807) is 0 Å². The number of nitrogens with zero attached hydrogens (tertiary/aromatic N) is 6. The molecule has 3 heterocycles. The topological polar surface area (TPSA) is 77.3 Å². The lowest BCUT2D eigenvalue weighted by Crippen LogP contribution is -1.96. The summed E-state index contributed by atoms with van der Waals surface area (Å²) >= 11 is 0. The van der Waals surface area contributed by atoms with Gasteiger partial charge >= 0.3 is 0 Å². The second-order valence-corrected chi connectivity index (χ2v) is 31.5. The van der Waals surface area contributed by atoms with Gasteiger partial charge in [0.1, 0.15) is 0 Å². The van der Waals surface area contributed by atoms with Crippen molar-refractivity contribution >= 4 is 64.6 Å². The van der Waals surface area contributed by atoms with Gasteiger partial charge in [-0.15, -0.1) is 0 Å². The maximum absolute atomic E-state index is 5.12. The van der Waals surface area contributed by atoms with Gasteiger partial charge in [0.05, 0.1) is 34.2 Å². The standard InChI is InChI=1S/C44H30N2.C40H26N2.C36H24N2/c1-3-12-31(13-4-1)32-24-26-35(27-25-32)43-30-42(34-15-5-2-6-16-34)45-44(46-43)39-21-10-19-37(29-39)36-18-9-20-38(28-36)41-23-11-17-33-14-7-8-22-40(33)41;1-3-11-28(12-4-1)38-26-39(42-40(41-38)30-13-5-2-6-14-30)29-21-19-27(20-22-29)31-23-24-36-34-17-8-7-15-32(34)33-16-9-10-18-35(33)37(36)25-31;1-3-12-25(13-4-1)34-24-35(38-36(37-34)26-14-5-2-6-15-26)29-18-11-17-27(22-29)33-23-28-16-7-8-19-30(28)31-20-9-10-21-32(31)33/h1-30H;1-26H;1-24H. The fourth-order valence-electron chi connectivity index (χ4n) is 17.3. The molecule has 6 heteroatoms. The Morgan fingerprint density at radius 3 is 0.833 bits per heavy atom. The lowest BCUT2D eigenvalue weighted by atomic mass is 9.92. The molecule has 0 saturated heterocycles. The summed E-state index contributed by atoms with van der Waals surface area (Å²) in [4.78, 5) is 30.1. The molecule has 23 aromatic rings. The molecule has 0 N–H and O–H groups in total. The molecule has 6 nitrogen and oxygen atoms in total. The summed E-state index contributed by atoms with van der Waals surface area (Å²) in [6, 6.07) is 170. The third-order valence-electron chi connectivity index (χ3n) is 23.7. The zero-order valence-corrected chi connectivity index (χ0v) is 68.9. The van der Waals surface area contributed by atoms with E-state index in [1.165, 1.54) is 109 Å². The van der Waals surface area contributed by atoms with Gasteiger partial charge in [0.25, 0.3) is 0 Å². The summed E-state index contributed by atoms with van der Waals surface area (Å²) in [5, 5.41) is 15.3. The van der Waals surface area contributed by atoms with Crippen molar-refractivity contribution in [1.29, 1.82) is 0 Å². The highest BCUT2D eigenvalue weighted by Crippen LogP contribution is 2.42. The van der Waals surface area contributed by atoms with E-state index in [4.69, 9.17) is 29.9 Å². The van der Waals surface area contributed by atoms with Crippen LogP contribution >= 0.6 is 0 Å². The number of rotatable bonds is 14. The van der Waals surface area contributed by atoms with E-state index in [-0.39, 0.29) is 0 Å². The molecule has 0 aliphatic carbocycles. The Balaban J connectivity index is 0.000000116. The first-order valence-electron chi connectivity index (χ1n) is 42.7. The van der Waals surface area contributed by atoms with Crippen LogP contribution in [0.25, 0.3) is 222 Å². The van der Waals surface area contributed by atoms with Gasteiger partial charge in [0, 0.05) is 50.1 Å². The number of aromatic nitrogens is 6. The lowest BCUT2D eigenvalue weighted by molar-refractivity contribution is 1.18. The summed E-state index contributed by atoms with van der Waals surface area (Å²) < 4.78 is 0. The predicted molar refractivity (Wildman–Crippen MR) is 527 cm³/mol. The Labute approximate surface area is 732 Å². The average Bonchev–Trinajstić information content (AvgIpc) is 0.750. The van der Waals surface area contributed by atoms with Gasteiger partial charge in [0.2, 0.25) is 0 Å². The van der Waals surface area contributed by atoms with E-state index >= 15 is 0 Å². The van der Waals surface area contributed by atoms with E-state index in [0.717, 1.165) is 107 Å². The maximum Gasteiger partial charge on any atom is 0.160 e. The van der Waals surface area contributed by atoms with Crippen LogP contribution in [0.15, 0.2) is 485 Å². The second kappa shape index (κ2) is 34.7. The Bertz CT molecular complexity index is 7750. The van der Waals surface area contributed by atoms with Crippen molar-refractivity contribution in [1.82, 2.24) is 29.9 Å². The molecule has 3 aromatic heterocycles. The van der Waals surface area contributed by atoms with E-state index in [0.29, 0.717) is 5.82 Å². The number of hydrogen-bond acceptors (Lipinski definition) is 6. The molecule has 0 saturated carbocycles. The molecule has 126 heavy (non-hydrogen) atoms. The fourth-order valence-corrected chi connectivity index (χ4v) is 17.3. The van der Waals surface area contributed by atoms with Crippen LogP contribution in [0, 0.1) is 0 Å². The van der Waals surface area contributed by atoms with Crippen LogP contribution in [0.4, 0.5) is 0 Å². The molecule has 0 unspecified atom stereocenters. The highest BCUT2D eigenvalue weighted by molar-refractivity contribution is 6.26. The van der Waals surface area contributed by atoms with Gasteiger partial charge in [-0.05, 0) is 169 Å². The Kier molecular flexibility index (Phi) is 21.1. The number of fused-ring (bicyclic) bond motifs is 10. The Hall–Kier alpha value is -16.8. The number of hydrogen-bond donors (Lipinski definition) is 0. The Morgan fingerprint density at radius 2 is 0.357 bits per heavy atom. The summed E-state index contributed by atoms with van der Waals surface area (Å²) in [7, 11) is 0. The SMILES string of the molecule is c1ccc(-c2cc(-c3ccc(-c4ccc5c6ccccc6c6ccccc6c5c4)cc3)nc(-c3ccccc3)n2)cc1.c1ccc(-c2cc(-c3cccc(-c4cc5ccccc5c5ccccc45)c3)nc(-c3ccccc3)n2)cc1.c1ccc(-c2ccc(-c3cc(-c4ccccc4)nc(-c4cccc(-c5cccc(-c6cccc7ccccc67)c5)c4)n3)cc2)cc1. The molecule has 20 aromatic carbocycles. The average molecular weight is 1610 g/mol. The zero-order valence-electron chi connectivity index (χ0n) is 68.9. The van der Waals surface area contributed by atoms with Crippen LogP contribution in [0.2, 0.25) is 0 Å². The smallest absolute Gasteiger partial charge is 0.160 e. The van der Waals surface area contributed by atoms with E-state index in [1.807, 2.05) is 84.9 Å². The molecule has 0 amide bonds. The first-order valence-corrected chi connectivity index (χ1v) is 42.7. The highest BCUT2D eigenvalue weighted by Gasteiger charge is 2.19.